The molecule has 0 aliphatic carbocycles. The quantitative estimate of drug-likeness (QED) is 0.546. The van der Waals surface area contributed by atoms with Crippen LogP contribution in [0, 0.1) is 0 Å². The normalized spacial score (nSPS) is 16.9. The second-order valence-corrected chi connectivity index (χ2v) is 7.30. The minimum absolute atomic E-state index is 0.0773. The number of benzene rings is 2. The van der Waals surface area contributed by atoms with Crippen LogP contribution >= 0.6 is 11.6 Å². The minimum atomic E-state index is 0.0773. The molecule has 1 N–H and O–H groups in total. The van der Waals surface area contributed by atoms with E-state index in [-0.39, 0.29) is 18.4 Å². The van der Waals surface area contributed by atoms with Gasteiger partial charge in [-0.2, -0.15) is 0 Å². The van der Waals surface area contributed by atoms with Gasteiger partial charge in [-0.3, -0.25) is 9.80 Å². The van der Waals surface area contributed by atoms with Gasteiger partial charge in [0.1, 0.15) is 12.4 Å². The van der Waals surface area contributed by atoms with Gasteiger partial charge in [0.15, 0.2) is 0 Å². The Balaban J connectivity index is 1.63. The fourth-order valence-electron chi connectivity index (χ4n) is 3.52. The van der Waals surface area contributed by atoms with E-state index in [0.29, 0.717) is 6.61 Å². The molecule has 4 nitrogen and oxygen atoms in total. The zero-order valence-corrected chi connectivity index (χ0v) is 16.3. The van der Waals surface area contributed by atoms with Gasteiger partial charge >= 0.3 is 0 Å². The summed E-state index contributed by atoms with van der Waals surface area (Å²) in [5.41, 5.74) is 2.57. The molecule has 0 aromatic heterocycles. The van der Waals surface area contributed by atoms with Crippen LogP contribution in [0.1, 0.15) is 17.2 Å². The number of ether oxygens (including phenoxy) is 1. The van der Waals surface area contributed by atoms with Crippen molar-refractivity contribution in [3.63, 3.8) is 0 Å². The van der Waals surface area contributed by atoms with Crippen LogP contribution in [0.25, 0.3) is 0 Å². The molecule has 3 rings (SSSR count). The maximum absolute atomic E-state index is 9.07. The Bertz CT molecular complexity index is 713. The summed E-state index contributed by atoms with van der Waals surface area (Å²) in [5.74, 6) is 0.0773. The summed E-state index contributed by atoms with van der Waals surface area (Å²) in [6.07, 6.45) is 0. The number of hydrogen-bond donors (Lipinski definition) is 1. The summed E-state index contributed by atoms with van der Waals surface area (Å²) < 4.78 is 5.40. The van der Waals surface area contributed by atoms with Crippen LogP contribution < -0.4 is 0 Å². The summed E-state index contributed by atoms with van der Waals surface area (Å²) in [4.78, 5) is 4.94. The molecule has 1 heterocycles. The van der Waals surface area contributed by atoms with Gasteiger partial charge < -0.3 is 9.84 Å². The first-order valence-electron chi connectivity index (χ1n) is 9.35. The third-order valence-corrected chi connectivity index (χ3v) is 5.15. The van der Waals surface area contributed by atoms with E-state index < -0.39 is 0 Å². The van der Waals surface area contributed by atoms with Gasteiger partial charge in [-0.25, -0.2) is 0 Å². The van der Waals surface area contributed by atoms with E-state index in [1.54, 1.807) is 0 Å². The largest absolute Gasteiger partial charge is 0.510 e. The van der Waals surface area contributed by atoms with Crippen molar-refractivity contribution in [1.29, 1.82) is 0 Å². The number of rotatable bonds is 8. The van der Waals surface area contributed by atoms with Crippen LogP contribution in [0.5, 0.6) is 0 Å². The second kappa shape index (κ2) is 9.90. The minimum Gasteiger partial charge on any atom is -0.510 e. The first-order valence-corrected chi connectivity index (χ1v) is 9.72. The van der Waals surface area contributed by atoms with Gasteiger partial charge in [0.25, 0.3) is 0 Å². The van der Waals surface area contributed by atoms with Crippen molar-refractivity contribution in [1.82, 2.24) is 9.80 Å². The molecule has 2 aromatic carbocycles. The molecule has 1 fully saturated rings. The average Bonchev–Trinajstić information content (AvgIpc) is 2.69. The average molecular weight is 387 g/mol. The number of nitrogens with zero attached hydrogens (tertiary/aromatic N) is 2. The van der Waals surface area contributed by atoms with Crippen molar-refractivity contribution in [2.75, 3.05) is 45.9 Å². The van der Waals surface area contributed by atoms with Crippen LogP contribution in [-0.4, -0.2) is 60.8 Å². The molecule has 1 atom stereocenters. The molecule has 0 radical (unpaired) electrons. The van der Waals surface area contributed by atoms with Crippen molar-refractivity contribution in [3.05, 3.63) is 83.1 Å². The molecule has 5 heteroatoms. The van der Waals surface area contributed by atoms with E-state index in [0.717, 1.165) is 37.7 Å². The Morgan fingerprint density at radius 1 is 1.00 bits per heavy atom. The third kappa shape index (κ3) is 5.81. The van der Waals surface area contributed by atoms with E-state index in [2.05, 4.69) is 58.8 Å². The lowest BCUT2D eigenvalue weighted by Crippen LogP contribution is -2.48. The number of aliphatic hydroxyl groups excluding tert-OH is 1. The van der Waals surface area contributed by atoms with E-state index in [1.165, 1.54) is 11.1 Å². The molecule has 0 spiro atoms. The number of piperazine rings is 1. The van der Waals surface area contributed by atoms with Crippen molar-refractivity contribution < 1.29 is 9.84 Å². The second-order valence-electron chi connectivity index (χ2n) is 6.86. The highest BCUT2D eigenvalue weighted by Gasteiger charge is 2.26. The van der Waals surface area contributed by atoms with Crippen LogP contribution in [0.15, 0.2) is 66.9 Å². The topological polar surface area (TPSA) is 35.9 Å². The molecular weight excluding hydrogens is 360 g/mol. The Morgan fingerprint density at radius 2 is 1.63 bits per heavy atom. The SMILES string of the molecule is C=C(O)COCCN1CCN([C@@H](c2ccccc2)c2ccc(Cl)cc2)CC1. The van der Waals surface area contributed by atoms with Gasteiger partial charge in [-0.05, 0) is 23.3 Å². The molecule has 0 bridgehead atoms. The zero-order chi connectivity index (χ0) is 19.1. The van der Waals surface area contributed by atoms with Crippen LogP contribution in [0.2, 0.25) is 5.02 Å². The molecule has 1 aliphatic heterocycles. The Hall–Kier alpha value is -1.85. The summed E-state index contributed by atoms with van der Waals surface area (Å²) in [6.45, 7) is 9.12. The fraction of sp³-hybridized carbons (Fsp3) is 0.364. The predicted octanol–water partition coefficient (Wildman–Crippen LogP) is 4.14. The van der Waals surface area contributed by atoms with E-state index >= 15 is 0 Å². The zero-order valence-electron chi connectivity index (χ0n) is 15.6. The maximum Gasteiger partial charge on any atom is 0.111 e. The molecule has 1 aliphatic rings. The molecule has 2 aromatic rings. The fourth-order valence-corrected chi connectivity index (χ4v) is 3.65. The molecule has 144 valence electrons. The molecule has 0 unspecified atom stereocenters. The van der Waals surface area contributed by atoms with Gasteiger partial charge in [0.05, 0.1) is 12.6 Å². The monoisotopic (exact) mass is 386 g/mol. The number of halogens is 1. The summed E-state index contributed by atoms with van der Waals surface area (Å²) >= 11 is 6.09. The predicted molar refractivity (Wildman–Crippen MR) is 110 cm³/mol. The molecule has 0 saturated carbocycles. The van der Waals surface area contributed by atoms with E-state index in [1.807, 2.05) is 12.1 Å². The highest BCUT2D eigenvalue weighted by Crippen LogP contribution is 2.30. The molecule has 27 heavy (non-hydrogen) atoms. The lowest BCUT2D eigenvalue weighted by atomic mass is 9.96. The molecule has 1 saturated heterocycles. The number of hydrogen-bond acceptors (Lipinski definition) is 4. The highest BCUT2D eigenvalue weighted by molar-refractivity contribution is 6.30. The Morgan fingerprint density at radius 3 is 2.26 bits per heavy atom. The van der Waals surface area contributed by atoms with Gasteiger partial charge in [0.2, 0.25) is 0 Å². The van der Waals surface area contributed by atoms with Gasteiger partial charge in [-0.15, -0.1) is 0 Å². The van der Waals surface area contributed by atoms with Crippen LogP contribution in [0.3, 0.4) is 0 Å². The lowest BCUT2D eigenvalue weighted by Gasteiger charge is -2.39. The standard InChI is InChI=1S/C22H27ClN2O2/c1-18(26)17-27-16-15-24-11-13-25(14-12-24)22(19-5-3-2-4-6-19)20-7-9-21(23)10-8-20/h2-10,22,26H,1,11-17H2/t22-/m0/s1. The smallest absolute Gasteiger partial charge is 0.111 e. The van der Waals surface area contributed by atoms with Crippen molar-refractivity contribution in [3.8, 4) is 0 Å². The maximum atomic E-state index is 9.07. The molecular formula is C22H27ClN2O2. The van der Waals surface area contributed by atoms with Gasteiger partial charge in [-0.1, -0.05) is 60.6 Å². The van der Waals surface area contributed by atoms with Crippen molar-refractivity contribution in [2.24, 2.45) is 0 Å². The van der Waals surface area contributed by atoms with Crippen LogP contribution in [-0.2, 0) is 4.74 Å². The lowest BCUT2D eigenvalue weighted by molar-refractivity contribution is 0.0663. The third-order valence-electron chi connectivity index (χ3n) is 4.89. The highest BCUT2D eigenvalue weighted by atomic mass is 35.5. The van der Waals surface area contributed by atoms with Crippen molar-refractivity contribution in [2.45, 2.75) is 6.04 Å². The first kappa shape index (κ1) is 19.9. The van der Waals surface area contributed by atoms with Crippen LogP contribution in [0.4, 0.5) is 0 Å². The summed E-state index contributed by atoms with van der Waals surface area (Å²) in [7, 11) is 0. The van der Waals surface area contributed by atoms with E-state index in [4.69, 9.17) is 21.4 Å². The Kier molecular flexibility index (Phi) is 7.30. The molecule has 0 amide bonds. The first-order chi connectivity index (χ1) is 13.1. The van der Waals surface area contributed by atoms with Gasteiger partial charge in [0, 0.05) is 37.7 Å². The Labute approximate surface area is 166 Å². The summed E-state index contributed by atoms with van der Waals surface area (Å²) in [5, 5.41) is 9.84. The van der Waals surface area contributed by atoms with Crippen molar-refractivity contribution >= 4 is 11.6 Å². The van der Waals surface area contributed by atoms with E-state index in [9.17, 15) is 0 Å². The number of aliphatic hydroxyl groups is 1. The summed E-state index contributed by atoms with van der Waals surface area (Å²) in [6, 6.07) is 19.1.